The summed E-state index contributed by atoms with van der Waals surface area (Å²) >= 11 is 0. The highest BCUT2D eigenvalue weighted by atomic mass is 16.6. The van der Waals surface area contributed by atoms with Gasteiger partial charge in [-0.2, -0.15) is 0 Å². The second-order valence-electron chi connectivity index (χ2n) is 4.14. The van der Waals surface area contributed by atoms with Crippen molar-refractivity contribution in [2.45, 2.75) is 32.8 Å². The summed E-state index contributed by atoms with van der Waals surface area (Å²) in [5.41, 5.74) is 2.33. The first-order valence-corrected chi connectivity index (χ1v) is 5.91. The summed E-state index contributed by atoms with van der Waals surface area (Å²) in [6.45, 7) is 3.76. The second-order valence-corrected chi connectivity index (χ2v) is 4.14. The Kier molecular flexibility index (Phi) is 5.25. The molecule has 0 bridgehead atoms. The van der Waals surface area contributed by atoms with E-state index in [4.69, 9.17) is 10.6 Å². The first-order valence-electron chi connectivity index (χ1n) is 5.91. The number of benzene rings is 1. The molecule has 0 spiro atoms. The van der Waals surface area contributed by atoms with Crippen molar-refractivity contribution < 1.29 is 14.5 Å². The summed E-state index contributed by atoms with van der Waals surface area (Å²) in [5.74, 6) is 4.77. The van der Waals surface area contributed by atoms with Gasteiger partial charge in [-0.15, -0.1) is 0 Å². The Hall–Kier alpha value is -2.15. The average molecular weight is 267 g/mol. The van der Waals surface area contributed by atoms with Gasteiger partial charge in [0.25, 0.3) is 0 Å². The monoisotopic (exact) mass is 267 g/mol. The predicted octanol–water partition coefficient (Wildman–Crippen LogP) is 1.30. The van der Waals surface area contributed by atoms with E-state index in [0.717, 1.165) is 6.42 Å². The van der Waals surface area contributed by atoms with Crippen molar-refractivity contribution in [3.05, 3.63) is 33.9 Å². The van der Waals surface area contributed by atoms with Gasteiger partial charge in [-0.1, -0.05) is 13.0 Å². The third kappa shape index (κ3) is 4.22. The van der Waals surface area contributed by atoms with Gasteiger partial charge in [0.05, 0.1) is 17.4 Å². The molecule has 0 radical (unpaired) electrons. The summed E-state index contributed by atoms with van der Waals surface area (Å²) in [6.07, 6.45) is 0.618. The van der Waals surface area contributed by atoms with Crippen LogP contribution >= 0.6 is 0 Å². The zero-order valence-electron chi connectivity index (χ0n) is 10.9. The molecule has 1 rings (SSSR count). The number of nitrogens with zero attached hydrogens (tertiary/aromatic N) is 1. The molecule has 0 saturated carbocycles. The number of rotatable bonds is 6. The third-order valence-electron chi connectivity index (χ3n) is 2.65. The number of carbonyl (C=O) groups excluding carboxylic acids is 1. The first kappa shape index (κ1) is 14.9. The lowest BCUT2D eigenvalue weighted by molar-refractivity contribution is -0.386. The summed E-state index contributed by atoms with van der Waals surface area (Å²) < 4.78 is 5.48. The van der Waals surface area contributed by atoms with Crippen molar-refractivity contribution in [2.75, 3.05) is 0 Å². The van der Waals surface area contributed by atoms with E-state index in [1.54, 1.807) is 6.07 Å². The lowest BCUT2D eigenvalue weighted by atomic mass is 10.1. The van der Waals surface area contributed by atoms with Crippen LogP contribution in [0.2, 0.25) is 0 Å². The van der Waals surface area contributed by atoms with Gasteiger partial charge in [0.15, 0.2) is 5.75 Å². The lowest BCUT2D eigenvalue weighted by Crippen LogP contribution is -2.31. The number of nitro groups is 1. The van der Waals surface area contributed by atoms with E-state index < -0.39 is 10.8 Å². The topological polar surface area (TPSA) is 107 Å². The Bertz CT molecular complexity index is 476. The van der Waals surface area contributed by atoms with Crippen molar-refractivity contribution in [3.63, 3.8) is 0 Å². The smallest absolute Gasteiger partial charge is 0.311 e. The maximum absolute atomic E-state index is 11.1. The quantitative estimate of drug-likeness (QED) is 0.349. The Balaban J connectivity index is 3.01. The lowest BCUT2D eigenvalue weighted by Gasteiger charge is -2.13. The SMILES string of the molecule is CCC(C)Oc1ccc(CC(=O)NN)cc1[N+](=O)[O-]. The van der Waals surface area contributed by atoms with Crippen LogP contribution in [0.1, 0.15) is 25.8 Å². The van der Waals surface area contributed by atoms with Crippen molar-refractivity contribution in [2.24, 2.45) is 5.84 Å². The molecular formula is C12H17N3O4. The first-order chi connectivity index (χ1) is 8.97. The van der Waals surface area contributed by atoms with Gasteiger partial charge in [-0.25, -0.2) is 5.84 Å². The van der Waals surface area contributed by atoms with Gasteiger partial charge in [-0.05, 0) is 25.0 Å². The number of nitro benzene ring substituents is 1. The summed E-state index contributed by atoms with van der Waals surface area (Å²) in [4.78, 5) is 21.6. The number of ether oxygens (including phenoxy) is 1. The number of hydrogen-bond acceptors (Lipinski definition) is 5. The van der Waals surface area contributed by atoms with E-state index in [1.165, 1.54) is 12.1 Å². The molecule has 0 saturated heterocycles. The Morgan fingerprint density at radius 1 is 1.58 bits per heavy atom. The van der Waals surface area contributed by atoms with Gasteiger partial charge in [0.2, 0.25) is 5.91 Å². The van der Waals surface area contributed by atoms with Crippen LogP contribution in [0.5, 0.6) is 5.75 Å². The maximum Gasteiger partial charge on any atom is 0.311 e. The van der Waals surface area contributed by atoms with E-state index >= 15 is 0 Å². The minimum Gasteiger partial charge on any atom is -0.484 e. The van der Waals surface area contributed by atoms with Gasteiger partial charge in [0.1, 0.15) is 0 Å². The highest BCUT2D eigenvalue weighted by Crippen LogP contribution is 2.29. The molecule has 0 aliphatic heterocycles. The van der Waals surface area contributed by atoms with E-state index in [1.807, 2.05) is 19.3 Å². The van der Waals surface area contributed by atoms with E-state index in [2.05, 4.69) is 0 Å². The molecule has 0 heterocycles. The molecule has 3 N–H and O–H groups in total. The number of carbonyl (C=O) groups is 1. The summed E-state index contributed by atoms with van der Waals surface area (Å²) in [5, 5.41) is 11.0. The number of amides is 1. The van der Waals surface area contributed by atoms with Crippen LogP contribution in [0.25, 0.3) is 0 Å². The molecule has 104 valence electrons. The van der Waals surface area contributed by atoms with Crippen molar-refractivity contribution in [1.82, 2.24) is 5.43 Å². The molecule has 1 atom stereocenters. The number of hydrazine groups is 1. The van der Waals surface area contributed by atoms with E-state index in [0.29, 0.717) is 5.56 Å². The van der Waals surface area contributed by atoms with Crippen LogP contribution in [-0.2, 0) is 11.2 Å². The van der Waals surface area contributed by atoms with Crippen LogP contribution in [-0.4, -0.2) is 16.9 Å². The molecule has 0 aromatic heterocycles. The standard InChI is InChI=1S/C12H17N3O4/c1-3-8(2)19-11-5-4-9(7-12(16)14-13)6-10(11)15(17)18/h4-6,8H,3,7,13H2,1-2H3,(H,14,16). The van der Waals surface area contributed by atoms with Gasteiger partial charge >= 0.3 is 5.69 Å². The van der Waals surface area contributed by atoms with Crippen molar-refractivity contribution >= 4 is 11.6 Å². The predicted molar refractivity (Wildman–Crippen MR) is 69.5 cm³/mol. The van der Waals surface area contributed by atoms with Crippen molar-refractivity contribution in [1.29, 1.82) is 0 Å². The Labute approximate surface area is 110 Å². The zero-order valence-corrected chi connectivity index (χ0v) is 10.9. The normalized spacial score (nSPS) is 11.7. The molecule has 0 aliphatic carbocycles. The number of nitrogens with one attached hydrogen (secondary N) is 1. The van der Waals surface area contributed by atoms with Crippen molar-refractivity contribution in [3.8, 4) is 5.75 Å². The molecule has 1 aromatic rings. The molecular weight excluding hydrogens is 250 g/mol. The Morgan fingerprint density at radius 2 is 2.26 bits per heavy atom. The molecule has 1 amide bonds. The summed E-state index contributed by atoms with van der Waals surface area (Å²) in [6, 6.07) is 4.44. The number of nitrogens with two attached hydrogens (primary N) is 1. The summed E-state index contributed by atoms with van der Waals surface area (Å²) in [7, 11) is 0. The average Bonchev–Trinajstić information content (AvgIpc) is 2.39. The minimum atomic E-state index is -0.526. The largest absolute Gasteiger partial charge is 0.484 e. The molecule has 7 nitrogen and oxygen atoms in total. The fraction of sp³-hybridized carbons (Fsp3) is 0.417. The molecule has 19 heavy (non-hydrogen) atoms. The zero-order chi connectivity index (χ0) is 14.4. The van der Waals surface area contributed by atoms with E-state index in [9.17, 15) is 14.9 Å². The molecule has 1 aromatic carbocycles. The van der Waals surface area contributed by atoms with Crippen LogP contribution < -0.4 is 16.0 Å². The van der Waals surface area contributed by atoms with Gasteiger partial charge < -0.3 is 4.74 Å². The molecule has 0 aliphatic rings. The fourth-order valence-corrected chi connectivity index (χ4v) is 1.45. The number of hydrogen-bond donors (Lipinski definition) is 2. The van der Waals surface area contributed by atoms with Gasteiger partial charge in [0, 0.05) is 6.07 Å². The van der Waals surface area contributed by atoms with Crippen LogP contribution in [0.4, 0.5) is 5.69 Å². The minimum absolute atomic E-state index is 0.0129. The fourth-order valence-electron chi connectivity index (χ4n) is 1.45. The maximum atomic E-state index is 11.1. The Morgan fingerprint density at radius 3 is 2.79 bits per heavy atom. The van der Waals surface area contributed by atoms with E-state index in [-0.39, 0.29) is 24.0 Å². The van der Waals surface area contributed by atoms with Crippen LogP contribution in [0.15, 0.2) is 18.2 Å². The van der Waals surface area contributed by atoms with Gasteiger partial charge in [-0.3, -0.25) is 20.3 Å². The highest BCUT2D eigenvalue weighted by molar-refractivity contribution is 5.78. The molecule has 7 heteroatoms. The molecule has 1 unspecified atom stereocenters. The van der Waals surface area contributed by atoms with Crippen LogP contribution in [0, 0.1) is 10.1 Å². The third-order valence-corrected chi connectivity index (χ3v) is 2.65. The second kappa shape index (κ2) is 6.69. The van der Waals surface area contributed by atoms with Crippen LogP contribution in [0.3, 0.4) is 0 Å². The highest BCUT2D eigenvalue weighted by Gasteiger charge is 2.18. The molecule has 0 fully saturated rings.